The van der Waals surface area contributed by atoms with Gasteiger partial charge in [0.05, 0.1) is 5.92 Å². The Morgan fingerprint density at radius 1 is 1.53 bits per heavy atom. The third-order valence-electron chi connectivity index (χ3n) is 3.04. The molecule has 0 heterocycles. The number of carbonyl (C=O) groups is 1. The van der Waals surface area contributed by atoms with Crippen LogP contribution < -0.4 is 0 Å². The van der Waals surface area contributed by atoms with Crippen LogP contribution in [0.3, 0.4) is 0 Å². The molecule has 19 heavy (non-hydrogen) atoms. The van der Waals surface area contributed by atoms with Crippen molar-refractivity contribution in [3.63, 3.8) is 0 Å². The predicted molar refractivity (Wildman–Crippen MR) is 74.0 cm³/mol. The van der Waals surface area contributed by atoms with Crippen LogP contribution in [0, 0.1) is 11.7 Å². The van der Waals surface area contributed by atoms with E-state index in [1.54, 1.807) is 19.1 Å². The van der Waals surface area contributed by atoms with Gasteiger partial charge in [-0.2, -0.15) is 0 Å². The highest BCUT2D eigenvalue weighted by Gasteiger charge is 2.13. The van der Waals surface area contributed by atoms with Crippen LogP contribution in [0.25, 0.3) is 0 Å². The summed E-state index contributed by atoms with van der Waals surface area (Å²) in [7, 11) is 1.86. The first kappa shape index (κ1) is 15.9. The molecule has 1 atom stereocenters. The zero-order valence-corrected chi connectivity index (χ0v) is 12.0. The van der Waals surface area contributed by atoms with Crippen molar-refractivity contribution in [2.75, 3.05) is 20.1 Å². The molecule has 0 fully saturated rings. The fourth-order valence-electron chi connectivity index (χ4n) is 1.93. The van der Waals surface area contributed by atoms with Crippen LogP contribution in [0.15, 0.2) is 18.2 Å². The van der Waals surface area contributed by atoms with Crippen LogP contribution in [-0.4, -0.2) is 36.1 Å². The second-order valence-electron chi connectivity index (χ2n) is 4.81. The Hall–Kier alpha value is -1.13. The normalized spacial score (nSPS) is 12.7. The maximum atomic E-state index is 13.5. The van der Waals surface area contributed by atoms with Gasteiger partial charge in [-0.05, 0) is 38.6 Å². The van der Waals surface area contributed by atoms with E-state index in [1.807, 2.05) is 11.9 Å². The molecule has 1 unspecified atom stereocenters. The lowest BCUT2D eigenvalue weighted by Gasteiger charge is -2.19. The summed E-state index contributed by atoms with van der Waals surface area (Å²) in [5, 5.41) is 9.26. The Labute approximate surface area is 118 Å². The van der Waals surface area contributed by atoms with E-state index in [0.717, 1.165) is 6.42 Å². The molecule has 3 nitrogen and oxygen atoms in total. The van der Waals surface area contributed by atoms with Gasteiger partial charge in [0.25, 0.3) is 0 Å². The summed E-state index contributed by atoms with van der Waals surface area (Å²) in [6, 6.07) is 4.66. The minimum atomic E-state index is -0.802. The first-order valence-corrected chi connectivity index (χ1v) is 6.64. The largest absolute Gasteiger partial charge is 0.481 e. The summed E-state index contributed by atoms with van der Waals surface area (Å²) in [5.41, 5.74) is 0.531. The van der Waals surface area contributed by atoms with Crippen molar-refractivity contribution in [2.24, 2.45) is 5.92 Å². The molecule has 0 saturated carbocycles. The standard InChI is InChI=1S/C14H19ClFNO2/c1-10(14(18)19)9-17(2)8-4-5-11-12(15)6-3-7-13(11)16/h3,6-7,10H,4-5,8-9H2,1-2H3,(H,18,19). The van der Waals surface area contributed by atoms with Gasteiger partial charge >= 0.3 is 5.97 Å². The summed E-state index contributed by atoms with van der Waals surface area (Å²) in [5.74, 6) is -1.49. The molecule has 0 aliphatic rings. The summed E-state index contributed by atoms with van der Waals surface area (Å²) < 4.78 is 13.5. The van der Waals surface area contributed by atoms with Gasteiger partial charge in [-0.1, -0.05) is 24.6 Å². The Balaban J connectivity index is 2.40. The number of halogens is 2. The minimum Gasteiger partial charge on any atom is -0.481 e. The smallest absolute Gasteiger partial charge is 0.307 e. The molecule has 1 N–H and O–H groups in total. The number of benzene rings is 1. The van der Waals surface area contributed by atoms with Gasteiger partial charge in [-0.3, -0.25) is 4.79 Å². The van der Waals surface area contributed by atoms with Crippen molar-refractivity contribution in [1.82, 2.24) is 4.90 Å². The molecular formula is C14H19ClFNO2. The lowest BCUT2D eigenvalue weighted by molar-refractivity contribution is -0.141. The number of carboxylic acids is 1. The SMILES string of the molecule is CC(CN(C)CCCc1c(F)cccc1Cl)C(=O)O. The molecule has 0 bridgehead atoms. The van der Waals surface area contributed by atoms with Gasteiger partial charge in [0, 0.05) is 17.1 Å². The van der Waals surface area contributed by atoms with E-state index in [0.29, 0.717) is 30.1 Å². The van der Waals surface area contributed by atoms with E-state index in [-0.39, 0.29) is 5.82 Å². The lowest BCUT2D eigenvalue weighted by Crippen LogP contribution is -2.29. The molecule has 0 aliphatic carbocycles. The van der Waals surface area contributed by atoms with Crippen molar-refractivity contribution in [3.05, 3.63) is 34.6 Å². The fourth-order valence-corrected chi connectivity index (χ4v) is 2.19. The van der Waals surface area contributed by atoms with Gasteiger partial charge in [0.15, 0.2) is 0 Å². The van der Waals surface area contributed by atoms with E-state index in [4.69, 9.17) is 16.7 Å². The molecule has 5 heteroatoms. The highest BCUT2D eigenvalue weighted by Crippen LogP contribution is 2.20. The van der Waals surface area contributed by atoms with Crippen LogP contribution >= 0.6 is 11.6 Å². The summed E-state index contributed by atoms with van der Waals surface area (Å²) >= 11 is 5.94. The highest BCUT2D eigenvalue weighted by atomic mass is 35.5. The highest BCUT2D eigenvalue weighted by molar-refractivity contribution is 6.31. The Morgan fingerprint density at radius 2 is 2.21 bits per heavy atom. The average Bonchev–Trinajstić information content (AvgIpc) is 2.32. The van der Waals surface area contributed by atoms with Crippen LogP contribution in [0.2, 0.25) is 5.02 Å². The summed E-state index contributed by atoms with van der Waals surface area (Å²) in [6.07, 6.45) is 1.29. The lowest BCUT2D eigenvalue weighted by atomic mass is 10.1. The van der Waals surface area contributed by atoms with Crippen LogP contribution in [0.5, 0.6) is 0 Å². The third kappa shape index (κ3) is 5.17. The average molecular weight is 288 g/mol. The Morgan fingerprint density at radius 3 is 2.79 bits per heavy atom. The minimum absolute atomic E-state index is 0.283. The molecule has 0 amide bonds. The number of carboxylic acid groups (broad SMARTS) is 1. The van der Waals surface area contributed by atoms with Gasteiger partial charge in [-0.25, -0.2) is 4.39 Å². The first-order valence-electron chi connectivity index (χ1n) is 6.26. The van der Waals surface area contributed by atoms with E-state index in [2.05, 4.69) is 0 Å². The van der Waals surface area contributed by atoms with E-state index in [9.17, 15) is 9.18 Å². The van der Waals surface area contributed by atoms with E-state index >= 15 is 0 Å². The van der Waals surface area contributed by atoms with Gasteiger partial charge in [0.1, 0.15) is 5.82 Å². The molecule has 1 rings (SSSR count). The Bertz CT molecular complexity index is 419. The molecule has 0 saturated heterocycles. The second-order valence-corrected chi connectivity index (χ2v) is 5.21. The van der Waals surface area contributed by atoms with Crippen LogP contribution in [0.4, 0.5) is 4.39 Å². The number of rotatable bonds is 7. The van der Waals surface area contributed by atoms with Crippen molar-refractivity contribution in [3.8, 4) is 0 Å². The van der Waals surface area contributed by atoms with Crippen LogP contribution in [-0.2, 0) is 11.2 Å². The molecule has 0 spiro atoms. The fraction of sp³-hybridized carbons (Fsp3) is 0.500. The number of hydrogen-bond acceptors (Lipinski definition) is 2. The third-order valence-corrected chi connectivity index (χ3v) is 3.39. The van der Waals surface area contributed by atoms with Gasteiger partial charge in [0.2, 0.25) is 0 Å². The number of aliphatic carboxylic acids is 1. The van der Waals surface area contributed by atoms with Crippen molar-refractivity contribution in [2.45, 2.75) is 19.8 Å². The zero-order chi connectivity index (χ0) is 14.4. The maximum absolute atomic E-state index is 13.5. The quantitative estimate of drug-likeness (QED) is 0.838. The second kappa shape index (κ2) is 7.46. The molecule has 0 aliphatic heterocycles. The topological polar surface area (TPSA) is 40.5 Å². The molecular weight excluding hydrogens is 269 g/mol. The van der Waals surface area contributed by atoms with Crippen molar-refractivity contribution < 1.29 is 14.3 Å². The van der Waals surface area contributed by atoms with Crippen LogP contribution in [0.1, 0.15) is 18.9 Å². The maximum Gasteiger partial charge on any atom is 0.307 e. The van der Waals surface area contributed by atoms with Crippen molar-refractivity contribution in [1.29, 1.82) is 0 Å². The van der Waals surface area contributed by atoms with Gasteiger partial charge < -0.3 is 10.0 Å². The number of hydrogen-bond donors (Lipinski definition) is 1. The van der Waals surface area contributed by atoms with Gasteiger partial charge in [-0.15, -0.1) is 0 Å². The molecule has 0 radical (unpaired) electrons. The van der Waals surface area contributed by atoms with E-state index < -0.39 is 11.9 Å². The molecule has 1 aromatic rings. The monoisotopic (exact) mass is 287 g/mol. The predicted octanol–water partition coefficient (Wildman–Crippen LogP) is 3.06. The molecule has 1 aromatic carbocycles. The summed E-state index contributed by atoms with van der Waals surface area (Å²) in [4.78, 5) is 12.7. The van der Waals surface area contributed by atoms with Crippen molar-refractivity contribution >= 4 is 17.6 Å². The molecule has 0 aromatic heterocycles. The number of nitrogens with zero attached hydrogens (tertiary/aromatic N) is 1. The first-order chi connectivity index (χ1) is 8.91. The molecule has 106 valence electrons. The zero-order valence-electron chi connectivity index (χ0n) is 11.2. The summed E-state index contributed by atoms with van der Waals surface area (Å²) in [6.45, 7) is 2.87. The Kier molecular flexibility index (Phi) is 6.25. The van der Waals surface area contributed by atoms with E-state index in [1.165, 1.54) is 6.07 Å².